The number of nitrogens with zero attached hydrogens (tertiary/aromatic N) is 5. The topological polar surface area (TPSA) is 80.7 Å². The second-order valence-electron chi connectivity index (χ2n) is 7.25. The summed E-state index contributed by atoms with van der Waals surface area (Å²) in [7, 11) is 3.19. The van der Waals surface area contributed by atoms with Crippen LogP contribution >= 0.6 is 0 Å². The highest BCUT2D eigenvalue weighted by atomic mass is 16.5. The Balaban J connectivity index is 1.33. The van der Waals surface area contributed by atoms with Crippen molar-refractivity contribution in [1.29, 1.82) is 0 Å². The smallest absolute Gasteiger partial charge is 0.227 e. The van der Waals surface area contributed by atoms with Crippen molar-refractivity contribution in [3.63, 3.8) is 0 Å². The van der Waals surface area contributed by atoms with Gasteiger partial charge in [-0.05, 0) is 42.0 Å². The normalized spacial score (nSPS) is 13.7. The Morgan fingerprint density at radius 3 is 2.42 bits per heavy atom. The number of ether oxygens (including phenoxy) is 2. The lowest BCUT2D eigenvalue weighted by molar-refractivity contribution is -0.130. The summed E-state index contributed by atoms with van der Waals surface area (Å²) in [6.45, 7) is 2.74. The first kappa shape index (κ1) is 20.6. The van der Waals surface area contributed by atoms with E-state index >= 15 is 0 Å². The molecular weight excluding hydrogens is 394 g/mol. The van der Waals surface area contributed by atoms with Crippen LogP contribution in [0.15, 0.2) is 54.9 Å². The van der Waals surface area contributed by atoms with Gasteiger partial charge in [-0.2, -0.15) is 0 Å². The molecule has 0 radical (unpaired) electrons. The molecule has 1 aliphatic rings. The lowest BCUT2D eigenvalue weighted by atomic mass is 10.1. The minimum Gasteiger partial charge on any atom is -0.493 e. The van der Waals surface area contributed by atoms with Crippen LogP contribution in [0.25, 0.3) is 11.3 Å². The zero-order chi connectivity index (χ0) is 21.6. The highest BCUT2D eigenvalue weighted by Crippen LogP contribution is 2.28. The zero-order valence-corrected chi connectivity index (χ0v) is 17.7. The number of methoxy groups -OCH3 is 2. The molecule has 0 unspecified atom stereocenters. The fourth-order valence-electron chi connectivity index (χ4n) is 3.62. The van der Waals surface area contributed by atoms with Crippen molar-refractivity contribution in [2.75, 3.05) is 45.3 Å². The van der Waals surface area contributed by atoms with Crippen LogP contribution in [0.5, 0.6) is 11.5 Å². The fraction of sp³-hybridized carbons (Fsp3) is 0.304. The average molecular weight is 419 g/mol. The predicted octanol–water partition coefficient (Wildman–Crippen LogP) is 2.45. The summed E-state index contributed by atoms with van der Waals surface area (Å²) in [5.41, 5.74) is 2.63. The molecule has 0 N–H and O–H groups in total. The molecule has 3 aromatic rings. The third-order valence-corrected chi connectivity index (χ3v) is 5.37. The number of aromatic nitrogens is 3. The van der Waals surface area contributed by atoms with Gasteiger partial charge in [0, 0.05) is 44.1 Å². The Kier molecular flexibility index (Phi) is 6.26. The molecule has 4 rings (SSSR count). The molecule has 8 nitrogen and oxygen atoms in total. The minimum atomic E-state index is 0.102. The van der Waals surface area contributed by atoms with Crippen molar-refractivity contribution in [3.05, 3.63) is 60.4 Å². The Hall–Kier alpha value is -3.68. The number of piperazine rings is 1. The Morgan fingerprint density at radius 2 is 1.77 bits per heavy atom. The summed E-state index contributed by atoms with van der Waals surface area (Å²) in [5.74, 6) is 2.21. The molecule has 1 fully saturated rings. The van der Waals surface area contributed by atoms with Gasteiger partial charge in [-0.1, -0.05) is 6.07 Å². The van der Waals surface area contributed by atoms with Crippen molar-refractivity contribution in [1.82, 2.24) is 20.1 Å². The van der Waals surface area contributed by atoms with Crippen LogP contribution in [0, 0.1) is 0 Å². The highest BCUT2D eigenvalue weighted by molar-refractivity contribution is 5.79. The van der Waals surface area contributed by atoms with Crippen LogP contribution in [-0.4, -0.2) is 66.4 Å². The van der Waals surface area contributed by atoms with E-state index in [1.54, 1.807) is 26.6 Å². The number of anilines is 1. The third-order valence-electron chi connectivity index (χ3n) is 5.37. The van der Waals surface area contributed by atoms with Gasteiger partial charge in [0.25, 0.3) is 0 Å². The van der Waals surface area contributed by atoms with Crippen LogP contribution in [-0.2, 0) is 11.2 Å². The molecular formula is C23H25N5O3. The van der Waals surface area contributed by atoms with Crippen LogP contribution in [0.2, 0.25) is 0 Å². The summed E-state index contributed by atoms with van der Waals surface area (Å²) in [6, 6.07) is 13.3. The number of hydrogen-bond acceptors (Lipinski definition) is 7. The number of carbonyl (C=O) groups is 1. The number of hydrogen-bond donors (Lipinski definition) is 0. The van der Waals surface area contributed by atoms with E-state index in [-0.39, 0.29) is 5.91 Å². The largest absolute Gasteiger partial charge is 0.493 e. The van der Waals surface area contributed by atoms with Crippen LogP contribution < -0.4 is 14.4 Å². The van der Waals surface area contributed by atoms with E-state index in [0.717, 1.165) is 35.7 Å². The summed E-state index contributed by atoms with van der Waals surface area (Å²) in [4.78, 5) is 20.9. The molecule has 160 valence electrons. The second kappa shape index (κ2) is 9.42. The van der Waals surface area contributed by atoms with Gasteiger partial charge in [0.2, 0.25) is 5.91 Å². The van der Waals surface area contributed by atoms with Gasteiger partial charge in [-0.25, -0.2) is 0 Å². The van der Waals surface area contributed by atoms with Crippen molar-refractivity contribution < 1.29 is 14.3 Å². The molecule has 1 aliphatic heterocycles. The number of amides is 1. The van der Waals surface area contributed by atoms with Crippen LogP contribution in [0.4, 0.5) is 5.82 Å². The highest BCUT2D eigenvalue weighted by Gasteiger charge is 2.22. The van der Waals surface area contributed by atoms with Gasteiger partial charge >= 0.3 is 0 Å². The molecule has 0 saturated carbocycles. The fourth-order valence-corrected chi connectivity index (χ4v) is 3.62. The minimum absolute atomic E-state index is 0.102. The van der Waals surface area contributed by atoms with E-state index in [0.29, 0.717) is 31.0 Å². The van der Waals surface area contributed by atoms with Gasteiger partial charge in [0.15, 0.2) is 17.3 Å². The van der Waals surface area contributed by atoms with E-state index in [9.17, 15) is 4.79 Å². The second-order valence-corrected chi connectivity index (χ2v) is 7.25. The first-order chi connectivity index (χ1) is 15.2. The molecule has 0 atom stereocenters. The molecule has 0 aliphatic carbocycles. The molecule has 1 aromatic carbocycles. The number of pyridine rings is 1. The summed E-state index contributed by atoms with van der Waals surface area (Å²) < 4.78 is 10.6. The monoisotopic (exact) mass is 419 g/mol. The maximum atomic E-state index is 12.8. The quantitative estimate of drug-likeness (QED) is 0.607. The van der Waals surface area contributed by atoms with E-state index in [1.807, 2.05) is 47.4 Å². The first-order valence-electron chi connectivity index (χ1n) is 10.2. The Morgan fingerprint density at radius 1 is 0.968 bits per heavy atom. The Bertz CT molecular complexity index is 1020. The van der Waals surface area contributed by atoms with E-state index in [4.69, 9.17) is 9.47 Å². The standard InChI is InChI=1S/C23H25N5O3/c1-30-20-7-5-17(14-21(20)31-2)15-23(29)28-12-10-27(11-13-28)22-8-6-19(25-26-22)18-4-3-9-24-16-18/h3-9,14,16H,10-13,15H2,1-2H3. The third kappa shape index (κ3) is 4.74. The van der Waals surface area contributed by atoms with Crippen LogP contribution in [0.3, 0.4) is 0 Å². The summed E-state index contributed by atoms with van der Waals surface area (Å²) in [5, 5.41) is 8.70. The van der Waals surface area contributed by atoms with Crippen molar-refractivity contribution in [2.24, 2.45) is 0 Å². The molecule has 31 heavy (non-hydrogen) atoms. The number of carbonyl (C=O) groups excluding carboxylic acids is 1. The molecule has 8 heteroatoms. The van der Waals surface area contributed by atoms with Crippen LogP contribution in [0.1, 0.15) is 5.56 Å². The zero-order valence-electron chi connectivity index (χ0n) is 17.7. The Labute approximate surface area is 181 Å². The van der Waals surface area contributed by atoms with Gasteiger partial charge in [-0.15, -0.1) is 10.2 Å². The molecule has 2 aromatic heterocycles. The average Bonchev–Trinajstić information content (AvgIpc) is 2.84. The lowest BCUT2D eigenvalue weighted by Gasteiger charge is -2.35. The number of rotatable bonds is 6. The first-order valence-corrected chi connectivity index (χ1v) is 10.2. The van der Waals surface area contributed by atoms with Gasteiger partial charge in [0.05, 0.1) is 26.3 Å². The summed E-state index contributed by atoms with van der Waals surface area (Å²) in [6.07, 6.45) is 3.84. The maximum absolute atomic E-state index is 12.8. The van der Waals surface area contributed by atoms with E-state index < -0.39 is 0 Å². The van der Waals surface area contributed by atoms with Crippen molar-refractivity contribution in [2.45, 2.75) is 6.42 Å². The molecule has 0 spiro atoms. The van der Waals surface area contributed by atoms with Crippen molar-refractivity contribution >= 4 is 11.7 Å². The number of benzene rings is 1. The summed E-state index contributed by atoms with van der Waals surface area (Å²) >= 11 is 0. The predicted molar refractivity (Wildman–Crippen MR) is 117 cm³/mol. The maximum Gasteiger partial charge on any atom is 0.227 e. The van der Waals surface area contributed by atoms with Gasteiger partial charge < -0.3 is 19.3 Å². The SMILES string of the molecule is COc1ccc(CC(=O)N2CCN(c3ccc(-c4cccnc4)nn3)CC2)cc1OC. The lowest BCUT2D eigenvalue weighted by Crippen LogP contribution is -2.49. The molecule has 0 bridgehead atoms. The van der Waals surface area contributed by atoms with Gasteiger partial charge in [0.1, 0.15) is 0 Å². The van der Waals surface area contributed by atoms with E-state index in [1.165, 1.54) is 0 Å². The molecule has 3 heterocycles. The molecule has 1 saturated heterocycles. The molecule has 1 amide bonds. The van der Waals surface area contributed by atoms with E-state index in [2.05, 4.69) is 20.1 Å². The van der Waals surface area contributed by atoms with Gasteiger partial charge in [-0.3, -0.25) is 9.78 Å². The van der Waals surface area contributed by atoms with Crippen molar-refractivity contribution in [3.8, 4) is 22.8 Å².